The number of nitrogens with one attached hydrogen (secondary N) is 1. The van der Waals surface area contributed by atoms with E-state index in [-0.39, 0.29) is 11.5 Å². The van der Waals surface area contributed by atoms with Crippen LogP contribution in [0.25, 0.3) is 10.9 Å². The van der Waals surface area contributed by atoms with Gasteiger partial charge in [0, 0.05) is 10.7 Å². The van der Waals surface area contributed by atoms with E-state index in [0.29, 0.717) is 28.0 Å². The van der Waals surface area contributed by atoms with Gasteiger partial charge >= 0.3 is 0 Å². The van der Waals surface area contributed by atoms with Crippen LogP contribution >= 0.6 is 11.6 Å². The van der Waals surface area contributed by atoms with Crippen molar-refractivity contribution in [1.29, 1.82) is 0 Å². The van der Waals surface area contributed by atoms with Crippen molar-refractivity contribution in [3.05, 3.63) is 63.9 Å². The van der Waals surface area contributed by atoms with E-state index in [0.717, 1.165) is 4.68 Å². The van der Waals surface area contributed by atoms with Gasteiger partial charge in [-0.1, -0.05) is 41.9 Å². The zero-order valence-corrected chi connectivity index (χ0v) is 13.7. The molecule has 0 aliphatic heterocycles. The average molecular weight is 343 g/mol. The number of benzene rings is 2. The number of anilines is 1. The molecule has 1 N–H and O–H groups in total. The fraction of sp³-hybridized carbons (Fsp3) is 0.176. The summed E-state index contributed by atoms with van der Waals surface area (Å²) < 4.78 is 1.13. The SMILES string of the molecule is CCC(C(=O)Nc1cccc(Cl)c1)n1nnc2ccccc2c1=O. The minimum absolute atomic E-state index is 0.339. The predicted molar refractivity (Wildman–Crippen MR) is 93.2 cm³/mol. The van der Waals surface area contributed by atoms with Crippen LogP contribution in [0.3, 0.4) is 0 Å². The molecule has 1 amide bonds. The van der Waals surface area contributed by atoms with Gasteiger partial charge in [-0.2, -0.15) is 4.68 Å². The Morgan fingerprint density at radius 3 is 2.79 bits per heavy atom. The van der Waals surface area contributed by atoms with Gasteiger partial charge in [-0.3, -0.25) is 9.59 Å². The van der Waals surface area contributed by atoms with E-state index < -0.39 is 6.04 Å². The lowest BCUT2D eigenvalue weighted by molar-refractivity contribution is -0.119. The lowest BCUT2D eigenvalue weighted by Gasteiger charge is -2.16. The zero-order chi connectivity index (χ0) is 17.1. The summed E-state index contributed by atoms with van der Waals surface area (Å²) in [4.78, 5) is 25.2. The van der Waals surface area contributed by atoms with Crippen LogP contribution in [0.4, 0.5) is 5.69 Å². The molecule has 2 aromatic carbocycles. The summed E-state index contributed by atoms with van der Waals surface area (Å²) in [6.45, 7) is 1.81. The summed E-state index contributed by atoms with van der Waals surface area (Å²) in [6.07, 6.45) is 0.402. The van der Waals surface area contributed by atoms with Crippen molar-refractivity contribution in [2.45, 2.75) is 19.4 Å². The minimum atomic E-state index is -0.756. The number of carbonyl (C=O) groups is 1. The molecule has 1 aromatic heterocycles. The minimum Gasteiger partial charge on any atom is -0.324 e. The Morgan fingerprint density at radius 2 is 2.04 bits per heavy atom. The molecule has 3 aromatic rings. The first-order valence-corrected chi connectivity index (χ1v) is 7.88. The van der Waals surface area contributed by atoms with E-state index in [1.807, 2.05) is 6.92 Å². The highest BCUT2D eigenvalue weighted by molar-refractivity contribution is 6.30. The van der Waals surface area contributed by atoms with Crippen molar-refractivity contribution in [1.82, 2.24) is 15.0 Å². The van der Waals surface area contributed by atoms with Crippen molar-refractivity contribution >= 4 is 34.1 Å². The second kappa shape index (κ2) is 6.80. The number of hydrogen-bond donors (Lipinski definition) is 1. The van der Waals surface area contributed by atoms with Crippen molar-refractivity contribution < 1.29 is 4.79 Å². The summed E-state index contributed by atoms with van der Waals surface area (Å²) >= 11 is 5.92. The number of carbonyl (C=O) groups excluding carboxylic acids is 1. The fourth-order valence-electron chi connectivity index (χ4n) is 2.47. The molecular weight excluding hydrogens is 328 g/mol. The van der Waals surface area contributed by atoms with E-state index in [9.17, 15) is 9.59 Å². The van der Waals surface area contributed by atoms with Crippen molar-refractivity contribution in [2.75, 3.05) is 5.32 Å². The van der Waals surface area contributed by atoms with Crippen LogP contribution in [0.2, 0.25) is 5.02 Å². The highest BCUT2D eigenvalue weighted by Crippen LogP contribution is 2.18. The number of halogens is 1. The second-order valence-corrected chi connectivity index (χ2v) is 5.72. The first kappa shape index (κ1) is 16.1. The van der Waals surface area contributed by atoms with E-state index in [1.54, 1.807) is 48.5 Å². The first-order valence-electron chi connectivity index (χ1n) is 7.51. The molecule has 0 bridgehead atoms. The molecule has 0 radical (unpaired) electrons. The maximum absolute atomic E-state index is 12.6. The molecule has 0 aliphatic carbocycles. The van der Waals surface area contributed by atoms with Crippen LogP contribution in [-0.4, -0.2) is 20.9 Å². The number of rotatable bonds is 4. The van der Waals surface area contributed by atoms with Crippen LogP contribution in [-0.2, 0) is 4.79 Å². The van der Waals surface area contributed by atoms with E-state index in [1.165, 1.54) is 0 Å². The third-order valence-corrected chi connectivity index (χ3v) is 3.90. The summed E-state index contributed by atoms with van der Waals surface area (Å²) in [5.41, 5.74) is 0.727. The van der Waals surface area contributed by atoms with Crippen LogP contribution < -0.4 is 10.9 Å². The zero-order valence-electron chi connectivity index (χ0n) is 12.9. The quantitative estimate of drug-likeness (QED) is 0.790. The van der Waals surface area contributed by atoms with Gasteiger partial charge in [0.15, 0.2) is 0 Å². The largest absolute Gasteiger partial charge is 0.324 e. The number of amides is 1. The average Bonchev–Trinajstić information content (AvgIpc) is 2.58. The van der Waals surface area contributed by atoms with Gasteiger partial charge < -0.3 is 5.32 Å². The normalized spacial score (nSPS) is 12.1. The lowest BCUT2D eigenvalue weighted by atomic mass is 10.2. The molecule has 24 heavy (non-hydrogen) atoms. The molecule has 0 spiro atoms. The molecule has 1 heterocycles. The van der Waals surface area contributed by atoms with Gasteiger partial charge in [-0.15, -0.1) is 5.10 Å². The molecular formula is C17H15ClN4O2. The summed E-state index contributed by atoms with van der Waals surface area (Å²) in [6, 6.07) is 13.0. The van der Waals surface area contributed by atoms with Gasteiger partial charge in [-0.05, 0) is 36.8 Å². The third kappa shape index (κ3) is 3.14. The number of aromatic nitrogens is 3. The molecule has 1 unspecified atom stereocenters. The first-order chi connectivity index (χ1) is 11.6. The Hall–Kier alpha value is -2.73. The van der Waals surface area contributed by atoms with Crippen molar-refractivity contribution in [3.63, 3.8) is 0 Å². The van der Waals surface area contributed by atoms with Gasteiger partial charge in [-0.25, -0.2) is 0 Å². The van der Waals surface area contributed by atoms with Crippen LogP contribution in [0.5, 0.6) is 0 Å². The van der Waals surface area contributed by atoms with Gasteiger partial charge in [0.2, 0.25) is 5.91 Å². The molecule has 0 aliphatic rings. The number of fused-ring (bicyclic) bond motifs is 1. The molecule has 122 valence electrons. The van der Waals surface area contributed by atoms with Gasteiger partial charge in [0.1, 0.15) is 11.6 Å². The molecule has 1 atom stereocenters. The second-order valence-electron chi connectivity index (χ2n) is 5.28. The third-order valence-electron chi connectivity index (χ3n) is 3.67. The van der Waals surface area contributed by atoms with Gasteiger partial charge in [0.25, 0.3) is 5.56 Å². The standard InChI is InChI=1S/C17H15ClN4O2/c1-2-15(16(23)19-12-7-5-6-11(18)10-12)22-17(24)13-8-3-4-9-14(13)20-21-22/h3-10,15H,2H2,1H3,(H,19,23). The van der Waals surface area contributed by atoms with E-state index in [4.69, 9.17) is 11.6 Å². The maximum Gasteiger partial charge on any atom is 0.278 e. The topological polar surface area (TPSA) is 76.9 Å². The van der Waals surface area contributed by atoms with Gasteiger partial charge in [0.05, 0.1) is 5.39 Å². The molecule has 0 fully saturated rings. The number of nitrogens with zero attached hydrogens (tertiary/aromatic N) is 3. The Bertz CT molecular complexity index is 954. The Morgan fingerprint density at radius 1 is 1.25 bits per heavy atom. The van der Waals surface area contributed by atoms with Crippen molar-refractivity contribution in [3.8, 4) is 0 Å². The van der Waals surface area contributed by atoms with Crippen molar-refractivity contribution in [2.24, 2.45) is 0 Å². The van der Waals surface area contributed by atoms with E-state index in [2.05, 4.69) is 15.6 Å². The summed E-state index contributed by atoms with van der Waals surface area (Å²) in [5, 5.41) is 11.7. The lowest BCUT2D eigenvalue weighted by Crippen LogP contribution is -2.35. The highest BCUT2D eigenvalue weighted by Gasteiger charge is 2.22. The molecule has 0 saturated carbocycles. The molecule has 7 heteroatoms. The highest BCUT2D eigenvalue weighted by atomic mass is 35.5. The molecule has 0 saturated heterocycles. The van der Waals surface area contributed by atoms with Crippen LogP contribution in [0.1, 0.15) is 19.4 Å². The number of hydrogen-bond acceptors (Lipinski definition) is 4. The monoisotopic (exact) mass is 342 g/mol. The maximum atomic E-state index is 12.6. The fourth-order valence-corrected chi connectivity index (χ4v) is 2.66. The van der Waals surface area contributed by atoms with Crippen LogP contribution in [0, 0.1) is 0 Å². The smallest absolute Gasteiger partial charge is 0.278 e. The molecule has 6 nitrogen and oxygen atoms in total. The Labute approximate surface area is 143 Å². The molecule has 3 rings (SSSR count). The summed E-state index contributed by atoms with van der Waals surface area (Å²) in [5.74, 6) is -0.341. The Kier molecular flexibility index (Phi) is 4.57. The predicted octanol–water partition coefficient (Wildman–Crippen LogP) is 3.03. The summed E-state index contributed by atoms with van der Waals surface area (Å²) in [7, 11) is 0. The van der Waals surface area contributed by atoms with E-state index >= 15 is 0 Å². The Balaban J connectivity index is 1.95. The van der Waals surface area contributed by atoms with Crippen LogP contribution in [0.15, 0.2) is 53.3 Å².